The topological polar surface area (TPSA) is 108 Å². The van der Waals surface area contributed by atoms with Gasteiger partial charge >= 0.3 is 17.9 Å². The van der Waals surface area contributed by atoms with Crippen LogP contribution in [0.15, 0.2) is 40.7 Å². The van der Waals surface area contributed by atoms with Gasteiger partial charge in [0.25, 0.3) is 0 Å². The summed E-state index contributed by atoms with van der Waals surface area (Å²) < 4.78 is 14.6. The second-order valence-corrected chi connectivity index (χ2v) is 7.09. The summed E-state index contributed by atoms with van der Waals surface area (Å²) in [5.41, 5.74) is 0.572. The fraction of sp³-hybridized carbons (Fsp3) is 0.300. The largest absolute Gasteiger partial charge is 0.466 e. The average Bonchev–Trinajstić information content (AvgIpc) is 2.72. The SMILES string of the molecule is COC(=O)C1=C(C)NC(C)=C(C(=O)OC)C1C(=O)OCC(=O)c1ccc(Cl)c(Cl)c1. The summed E-state index contributed by atoms with van der Waals surface area (Å²) in [5, 5.41) is 3.29. The van der Waals surface area contributed by atoms with Crippen molar-refractivity contribution in [2.24, 2.45) is 5.92 Å². The predicted octanol–water partition coefficient (Wildman–Crippen LogP) is 2.83. The molecule has 0 amide bonds. The molecule has 0 spiro atoms. The Balaban J connectivity index is 2.32. The van der Waals surface area contributed by atoms with E-state index in [0.29, 0.717) is 11.4 Å². The van der Waals surface area contributed by atoms with Crippen LogP contribution in [0.3, 0.4) is 0 Å². The molecule has 1 aliphatic heterocycles. The number of esters is 3. The van der Waals surface area contributed by atoms with E-state index in [2.05, 4.69) is 5.32 Å². The molecular weight excluding hydrogens is 437 g/mol. The van der Waals surface area contributed by atoms with Crippen molar-refractivity contribution in [3.63, 3.8) is 0 Å². The minimum atomic E-state index is -1.42. The van der Waals surface area contributed by atoms with Gasteiger partial charge in [-0.1, -0.05) is 23.2 Å². The highest BCUT2D eigenvalue weighted by molar-refractivity contribution is 6.42. The highest BCUT2D eigenvalue weighted by Crippen LogP contribution is 2.32. The zero-order chi connectivity index (χ0) is 22.6. The smallest absolute Gasteiger partial charge is 0.336 e. The van der Waals surface area contributed by atoms with Gasteiger partial charge in [0.15, 0.2) is 12.4 Å². The van der Waals surface area contributed by atoms with Crippen LogP contribution in [-0.2, 0) is 28.6 Å². The maximum absolute atomic E-state index is 12.9. The van der Waals surface area contributed by atoms with Gasteiger partial charge in [0.2, 0.25) is 0 Å². The van der Waals surface area contributed by atoms with Crippen molar-refractivity contribution in [2.45, 2.75) is 13.8 Å². The van der Waals surface area contributed by atoms with Gasteiger partial charge < -0.3 is 19.5 Å². The molecule has 30 heavy (non-hydrogen) atoms. The van der Waals surface area contributed by atoms with E-state index in [0.717, 1.165) is 14.2 Å². The molecule has 0 unspecified atom stereocenters. The van der Waals surface area contributed by atoms with E-state index >= 15 is 0 Å². The molecule has 10 heteroatoms. The molecule has 0 aliphatic carbocycles. The summed E-state index contributed by atoms with van der Waals surface area (Å²) in [6.45, 7) is 2.46. The fourth-order valence-electron chi connectivity index (χ4n) is 2.96. The molecule has 8 nitrogen and oxygen atoms in total. The Morgan fingerprint density at radius 1 is 0.933 bits per heavy atom. The lowest BCUT2D eigenvalue weighted by Crippen LogP contribution is -2.38. The third-order valence-corrected chi connectivity index (χ3v) is 5.13. The van der Waals surface area contributed by atoms with E-state index in [1.54, 1.807) is 13.8 Å². The Morgan fingerprint density at radius 2 is 1.47 bits per heavy atom. The van der Waals surface area contributed by atoms with Crippen molar-refractivity contribution in [1.29, 1.82) is 0 Å². The minimum Gasteiger partial charge on any atom is -0.466 e. The number of hydrogen-bond donors (Lipinski definition) is 1. The van der Waals surface area contributed by atoms with Crippen molar-refractivity contribution in [3.05, 3.63) is 56.3 Å². The lowest BCUT2D eigenvalue weighted by atomic mass is 9.85. The Labute approximate surface area is 182 Å². The van der Waals surface area contributed by atoms with E-state index < -0.39 is 36.2 Å². The van der Waals surface area contributed by atoms with Crippen LogP contribution in [-0.4, -0.2) is 44.5 Å². The third-order valence-electron chi connectivity index (χ3n) is 4.39. The number of rotatable bonds is 6. The van der Waals surface area contributed by atoms with Crippen LogP contribution in [0.2, 0.25) is 10.0 Å². The van der Waals surface area contributed by atoms with Crippen LogP contribution in [0, 0.1) is 5.92 Å². The number of carbonyl (C=O) groups is 4. The van der Waals surface area contributed by atoms with Gasteiger partial charge in [-0.3, -0.25) is 9.59 Å². The normalized spacial score (nSPS) is 14.2. The molecule has 1 heterocycles. The number of Topliss-reactive ketones (excluding diaryl/α,β-unsaturated/α-hetero) is 1. The van der Waals surface area contributed by atoms with Crippen LogP contribution < -0.4 is 5.32 Å². The van der Waals surface area contributed by atoms with Crippen LogP contribution >= 0.6 is 23.2 Å². The maximum atomic E-state index is 12.9. The highest BCUT2D eigenvalue weighted by Gasteiger charge is 2.42. The first-order valence-corrected chi connectivity index (χ1v) is 9.38. The van der Waals surface area contributed by atoms with Crippen molar-refractivity contribution < 1.29 is 33.4 Å². The van der Waals surface area contributed by atoms with E-state index in [-0.39, 0.29) is 26.8 Å². The minimum absolute atomic E-state index is 0.115. The molecule has 0 saturated carbocycles. The van der Waals surface area contributed by atoms with E-state index in [1.165, 1.54) is 18.2 Å². The third kappa shape index (κ3) is 4.83. The van der Waals surface area contributed by atoms with Gasteiger partial charge in [0.1, 0.15) is 5.92 Å². The Morgan fingerprint density at radius 3 is 1.93 bits per heavy atom. The molecule has 0 radical (unpaired) electrons. The molecule has 1 aromatic carbocycles. The van der Waals surface area contributed by atoms with Crippen molar-refractivity contribution in [3.8, 4) is 0 Å². The number of hydrogen-bond acceptors (Lipinski definition) is 8. The molecule has 2 rings (SSSR count). The number of nitrogens with one attached hydrogen (secondary N) is 1. The van der Waals surface area contributed by atoms with Crippen molar-refractivity contribution >= 4 is 46.9 Å². The van der Waals surface area contributed by atoms with E-state index in [9.17, 15) is 19.2 Å². The van der Waals surface area contributed by atoms with Gasteiger partial charge in [-0.2, -0.15) is 0 Å². The van der Waals surface area contributed by atoms with E-state index in [1.807, 2.05) is 0 Å². The van der Waals surface area contributed by atoms with Crippen molar-refractivity contribution in [1.82, 2.24) is 5.32 Å². The molecule has 0 bridgehead atoms. The lowest BCUT2D eigenvalue weighted by Gasteiger charge is -2.28. The molecule has 0 saturated heterocycles. The summed E-state index contributed by atoms with van der Waals surface area (Å²) in [4.78, 5) is 49.8. The Kier molecular flexibility index (Phi) is 7.64. The quantitative estimate of drug-likeness (QED) is 0.396. The van der Waals surface area contributed by atoms with Crippen LogP contribution in [0.4, 0.5) is 0 Å². The van der Waals surface area contributed by atoms with Gasteiger partial charge in [-0.05, 0) is 32.0 Å². The van der Waals surface area contributed by atoms with Gasteiger partial charge in [0.05, 0.1) is 35.4 Å². The standard InChI is InChI=1S/C20H19Cl2NO7/c1-9-15(18(25)28-3)17(16(10(2)23-9)19(26)29-4)20(27)30-8-14(24)11-5-6-12(21)13(22)7-11/h5-7,17,23H,8H2,1-4H3. The summed E-state index contributed by atoms with van der Waals surface area (Å²) in [5.74, 6) is -4.60. The lowest BCUT2D eigenvalue weighted by molar-refractivity contribution is -0.150. The second-order valence-electron chi connectivity index (χ2n) is 6.28. The summed E-state index contributed by atoms with van der Waals surface area (Å²) in [7, 11) is 2.28. The highest BCUT2D eigenvalue weighted by atomic mass is 35.5. The summed E-state index contributed by atoms with van der Waals surface area (Å²) >= 11 is 11.7. The van der Waals surface area contributed by atoms with Crippen LogP contribution in [0.25, 0.3) is 0 Å². The number of ether oxygens (including phenoxy) is 3. The number of carbonyl (C=O) groups excluding carboxylic acids is 4. The van der Waals surface area contributed by atoms with Crippen LogP contribution in [0.1, 0.15) is 24.2 Å². The van der Waals surface area contributed by atoms with Gasteiger partial charge in [-0.15, -0.1) is 0 Å². The molecule has 0 fully saturated rings. The molecule has 1 N–H and O–H groups in total. The summed E-state index contributed by atoms with van der Waals surface area (Å²) in [6, 6.07) is 4.22. The number of ketones is 1. The molecule has 1 aromatic rings. The first-order valence-electron chi connectivity index (χ1n) is 8.62. The van der Waals surface area contributed by atoms with Crippen LogP contribution in [0.5, 0.6) is 0 Å². The first kappa shape index (κ1) is 23.4. The average molecular weight is 456 g/mol. The zero-order valence-corrected chi connectivity index (χ0v) is 18.1. The predicted molar refractivity (Wildman–Crippen MR) is 108 cm³/mol. The molecule has 0 aromatic heterocycles. The van der Waals surface area contributed by atoms with Gasteiger partial charge in [-0.25, -0.2) is 9.59 Å². The second kappa shape index (κ2) is 9.77. The fourth-order valence-corrected chi connectivity index (χ4v) is 3.26. The molecule has 160 valence electrons. The Bertz CT molecular complexity index is 943. The zero-order valence-electron chi connectivity index (χ0n) is 16.6. The molecule has 1 aliphatic rings. The van der Waals surface area contributed by atoms with Crippen molar-refractivity contribution in [2.75, 3.05) is 20.8 Å². The molecular formula is C20H19Cl2NO7. The first-order chi connectivity index (χ1) is 14.1. The maximum Gasteiger partial charge on any atom is 0.336 e. The number of methoxy groups -OCH3 is 2. The van der Waals surface area contributed by atoms with Gasteiger partial charge in [0, 0.05) is 17.0 Å². The molecule has 0 atom stereocenters. The number of halogens is 2. The van der Waals surface area contributed by atoms with E-state index in [4.69, 9.17) is 37.4 Å². The number of dihydropyridines is 1. The number of allylic oxidation sites excluding steroid dienone is 2. The Hall–Kier alpha value is -2.84. The monoisotopic (exact) mass is 455 g/mol. The number of benzene rings is 1. The summed E-state index contributed by atoms with van der Waals surface area (Å²) in [6.07, 6.45) is 0.